The second-order valence-corrected chi connectivity index (χ2v) is 7.98. The fraction of sp³-hybridized carbons (Fsp3) is 0.600. The molecular weight excluding hydrogens is 334 g/mol. The summed E-state index contributed by atoms with van der Waals surface area (Å²) in [5.74, 6) is 0.910. The molecule has 1 aromatic heterocycles. The Morgan fingerprint density at radius 2 is 1.95 bits per heavy atom. The summed E-state index contributed by atoms with van der Waals surface area (Å²) in [6.45, 7) is 2.36. The van der Waals surface area contributed by atoms with E-state index >= 15 is 0 Å². The first-order valence-electron chi connectivity index (χ1n) is 8.98. The molecule has 2 heterocycles. The number of alkyl halides is 1. The molecule has 0 radical (unpaired) electrons. The van der Waals surface area contributed by atoms with E-state index in [1.165, 1.54) is 56.0 Å². The molecule has 1 aliphatic carbocycles. The van der Waals surface area contributed by atoms with Gasteiger partial charge >= 0.3 is 0 Å². The van der Waals surface area contributed by atoms with Crippen LogP contribution in [0.2, 0.25) is 0 Å². The molecule has 118 valence electrons. The van der Waals surface area contributed by atoms with E-state index in [1.807, 2.05) is 0 Å². The lowest BCUT2D eigenvalue weighted by atomic mass is 9.80. The minimum atomic E-state index is 0.752. The summed E-state index contributed by atoms with van der Waals surface area (Å²) < 4.78 is 2.75. The van der Waals surface area contributed by atoms with Gasteiger partial charge in [-0.1, -0.05) is 53.4 Å². The molecule has 0 amide bonds. The van der Waals surface area contributed by atoms with Gasteiger partial charge in [-0.3, -0.25) is 0 Å². The van der Waals surface area contributed by atoms with Crippen molar-refractivity contribution in [3.63, 3.8) is 0 Å². The van der Waals surface area contributed by atoms with E-state index in [9.17, 15) is 0 Å². The first-order chi connectivity index (χ1) is 10.8. The van der Waals surface area contributed by atoms with Gasteiger partial charge < -0.3 is 4.57 Å². The third-order valence-electron chi connectivity index (χ3n) is 6.06. The summed E-state index contributed by atoms with van der Waals surface area (Å²) in [7, 11) is 0. The summed E-state index contributed by atoms with van der Waals surface area (Å²) in [5, 5.41) is 2.58. The van der Waals surface area contributed by atoms with Crippen LogP contribution in [0.4, 0.5) is 0 Å². The van der Waals surface area contributed by atoms with E-state index in [2.05, 4.69) is 45.6 Å². The van der Waals surface area contributed by atoms with E-state index in [1.54, 1.807) is 16.6 Å². The van der Waals surface area contributed by atoms with Gasteiger partial charge in [0.05, 0.1) is 5.52 Å². The van der Waals surface area contributed by atoms with Crippen molar-refractivity contribution in [2.45, 2.75) is 64.3 Å². The molecule has 0 spiro atoms. The maximum Gasteiger partial charge on any atom is 0.0520 e. The molecule has 1 saturated carbocycles. The maximum atomic E-state index is 3.65. The van der Waals surface area contributed by atoms with Crippen LogP contribution in [0, 0.1) is 12.8 Å². The minimum Gasteiger partial charge on any atom is -0.341 e. The Kier molecular flexibility index (Phi) is 4.06. The monoisotopic (exact) mass is 359 g/mol. The van der Waals surface area contributed by atoms with Gasteiger partial charge in [0.2, 0.25) is 0 Å². The van der Waals surface area contributed by atoms with E-state index in [0.717, 1.165) is 23.7 Å². The number of nitrogens with zero attached hydrogens (tertiary/aromatic N) is 1. The van der Waals surface area contributed by atoms with Crippen LogP contribution in [-0.4, -0.2) is 9.90 Å². The topological polar surface area (TPSA) is 4.93 Å². The van der Waals surface area contributed by atoms with Gasteiger partial charge in [0.25, 0.3) is 0 Å². The standard InChI is InChI=1S/C20H26BrN/c1-14-17(12-13-21)18-9-5-8-16-10-11-19(22(14)20(16)18)15-6-3-2-4-7-15/h5,8-9,15,19H,2-4,6-7,10-13H2,1H3. The van der Waals surface area contributed by atoms with Crippen molar-refractivity contribution in [1.82, 2.24) is 4.57 Å². The fourth-order valence-corrected chi connectivity index (χ4v) is 5.45. The molecule has 1 unspecified atom stereocenters. The van der Waals surface area contributed by atoms with Gasteiger partial charge in [-0.2, -0.15) is 0 Å². The quantitative estimate of drug-likeness (QED) is 0.596. The van der Waals surface area contributed by atoms with Crippen LogP contribution < -0.4 is 0 Å². The number of benzene rings is 1. The van der Waals surface area contributed by atoms with Crippen molar-refractivity contribution in [2.24, 2.45) is 5.92 Å². The Morgan fingerprint density at radius 1 is 1.14 bits per heavy atom. The van der Waals surface area contributed by atoms with Crippen LogP contribution in [0.25, 0.3) is 10.9 Å². The molecule has 1 atom stereocenters. The largest absolute Gasteiger partial charge is 0.341 e. The molecule has 2 aromatic rings. The van der Waals surface area contributed by atoms with Crippen LogP contribution in [0.3, 0.4) is 0 Å². The predicted molar refractivity (Wildman–Crippen MR) is 98.1 cm³/mol. The van der Waals surface area contributed by atoms with Gasteiger partial charge in [0.15, 0.2) is 0 Å². The Morgan fingerprint density at radius 3 is 2.73 bits per heavy atom. The highest BCUT2D eigenvalue weighted by atomic mass is 79.9. The Labute approximate surface area is 142 Å². The van der Waals surface area contributed by atoms with Crippen LogP contribution >= 0.6 is 15.9 Å². The van der Waals surface area contributed by atoms with Gasteiger partial charge in [0, 0.05) is 22.5 Å². The molecule has 2 aliphatic rings. The van der Waals surface area contributed by atoms with Crippen LogP contribution in [0.1, 0.15) is 61.4 Å². The Balaban J connectivity index is 1.87. The first-order valence-corrected chi connectivity index (χ1v) is 10.1. The molecule has 22 heavy (non-hydrogen) atoms. The number of para-hydroxylation sites is 1. The molecule has 4 rings (SSSR count). The van der Waals surface area contributed by atoms with Crippen molar-refractivity contribution in [3.05, 3.63) is 35.0 Å². The predicted octanol–water partition coefficient (Wildman–Crippen LogP) is 5.95. The zero-order valence-electron chi connectivity index (χ0n) is 13.6. The zero-order chi connectivity index (χ0) is 15.1. The molecule has 0 saturated heterocycles. The highest BCUT2D eigenvalue weighted by molar-refractivity contribution is 9.09. The van der Waals surface area contributed by atoms with Crippen molar-refractivity contribution >= 4 is 26.8 Å². The third-order valence-corrected chi connectivity index (χ3v) is 6.46. The second-order valence-electron chi connectivity index (χ2n) is 7.19. The van der Waals surface area contributed by atoms with E-state index in [4.69, 9.17) is 0 Å². The molecular formula is C20H26BrN. The van der Waals surface area contributed by atoms with Crippen LogP contribution in [-0.2, 0) is 12.8 Å². The average molecular weight is 360 g/mol. The number of hydrogen-bond donors (Lipinski definition) is 0. The number of aromatic nitrogens is 1. The summed E-state index contributed by atoms with van der Waals surface area (Å²) >= 11 is 3.65. The smallest absolute Gasteiger partial charge is 0.0520 e. The maximum absolute atomic E-state index is 3.65. The summed E-state index contributed by atoms with van der Waals surface area (Å²) in [6, 6.07) is 7.72. The van der Waals surface area contributed by atoms with Crippen molar-refractivity contribution in [3.8, 4) is 0 Å². The van der Waals surface area contributed by atoms with E-state index in [-0.39, 0.29) is 0 Å². The van der Waals surface area contributed by atoms with Gasteiger partial charge in [-0.25, -0.2) is 0 Å². The molecule has 2 heteroatoms. The number of rotatable bonds is 3. The zero-order valence-corrected chi connectivity index (χ0v) is 15.2. The summed E-state index contributed by atoms with van der Waals surface area (Å²) in [4.78, 5) is 0. The lowest BCUT2D eigenvalue weighted by Crippen LogP contribution is -2.26. The van der Waals surface area contributed by atoms with Crippen molar-refractivity contribution in [1.29, 1.82) is 0 Å². The highest BCUT2D eigenvalue weighted by Crippen LogP contribution is 2.44. The van der Waals surface area contributed by atoms with E-state index in [0.29, 0.717) is 0 Å². The average Bonchev–Trinajstić information content (AvgIpc) is 2.85. The molecule has 0 N–H and O–H groups in total. The van der Waals surface area contributed by atoms with Gasteiger partial charge in [-0.15, -0.1) is 0 Å². The first kappa shape index (κ1) is 14.8. The number of halogens is 1. The summed E-state index contributed by atoms with van der Waals surface area (Å²) in [5.41, 5.74) is 6.26. The van der Waals surface area contributed by atoms with Crippen LogP contribution in [0.5, 0.6) is 0 Å². The molecule has 1 fully saturated rings. The van der Waals surface area contributed by atoms with Gasteiger partial charge in [0.1, 0.15) is 0 Å². The molecule has 1 aromatic carbocycles. The number of aryl methyl sites for hydroxylation is 2. The minimum absolute atomic E-state index is 0.752. The lowest BCUT2D eigenvalue weighted by molar-refractivity contribution is 0.235. The Hall–Kier alpha value is -0.760. The van der Waals surface area contributed by atoms with Crippen molar-refractivity contribution in [2.75, 3.05) is 5.33 Å². The number of hydrogen-bond acceptors (Lipinski definition) is 0. The van der Waals surface area contributed by atoms with Crippen molar-refractivity contribution < 1.29 is 0 Å². The SMILES string of the molecule is Cc1c(CCBr)c2cccc3c2n1C(C1CCCCC1)CC3. The molecule has 1 aliphatic heterocycles. The third kappa shape index (κ3) is 2.26. The van der Waals surface area contributed by atoms with Gasteiger partial charge in [-0.05, 0) is 56.1 Å². The normalized spacial score (nSPS) is 22.4. The Bertz CT molecular complexity index is 679. The fourth-order valence-electron chi connectivity index (χ4n) is 5.05. The van der Waals surface area contributed by atoms with E-state index < -0.39 is 0 Å². The van der Waals surface area contributed by atoms with Crippen LogP contribution in [0.15, 0.2) is 18.2 Å². The molecule has 0 bridgehead atoms. The highest BCUT2D eigenvalue weighted by Gasteiger charge is 2.31. The molecule has 1 nitrogen and oxygen atoms in total. The second kappa shape index (κ2) is 6.03. The lowest BCUT2D eigenvalue weighted by Gasteiger charge is -2.36. The summed E-state index contributed by atoms with van der Waals surface area (Å²) in [6.07, 6.45) is 11.0.